The van der Waals surface area contributed by atoms with Crippen molar-refractivity contribution in [1.29, 1.82) is 0 Å². The van der Waals surface area contributed by atoms with Crippen molar-refractivity contribution in [3.8, 4) is 0 Å². The van der Waals surface area contributed by atoms with Crippen LogP contribution in [0.15, 0.2) is 61.1 Å². The van der Waals surface area contributed by atoms with E-state index in [1.165, 1.54) is 5.56 Å². The van der Waals surface area contributed by atoms with Gasteiger partial charge in [0.15, 0.2) is 0 Å². The van der Waals surface area contributed by atoms with E-state index in [1.54, 1.807) is 30.7 Å². The Hall–Kier alpha value is -3.52. The predicted molar refractivity (Wildman–Crippen MR) is 123 cm³/mol. The van der Waals surface area contributed by atoms with Crippen LogP contribution in [0.3, 0.4) is 0 Å². The zero-order valence-corrected chi connectivity index (χ0v) is 17.7. The second kappa shape index (κ2) is 9.99. The summed E-state index contributed by atoms with van der Waals surface area (Å²) in [6, 6.07) is 13.2. The van der Waals surface area contributed by atoms with E-state index < -0.39 is 0 Å². The fourth-order valence-electron chi connectivity index (χ4n) is 3.49. The Morgan fingerprint density at radius 1 is 1.00 bits per heavy atom. The molecule has 0 saturated carbocycles. The number of pyridine rings is 3. The number of hydrogen-bond donors (Lipinski definition) is 2. The number of anilines is 3. The van der Waals surface area contributed by atoms with Crippen molar-refractivity contribution in [3.05, 3.63) is 72.2 Å². The van der Waals surface area contributed by atoms with Gasteiger partial charge in [-0.25, -0.2) is 9.97 Å². The zero-order chi connectivity index (χ0) is 21.5. The molecular weight excluding hydrogens is 390 g/mol. The summed E-state index contributed by atoms with van der Waals surface area (Å²) < 4.78 is 0. The summed E-state index contributed by atoms with van der Waals surface area (Å²) in [7, 11) is 2.12. The van der Waals surface area contributed by atoms with Crippen LogP contribution in [0.1, 0.15) is 15.9 Å². The fraction of sp³-hybridized carbons (Fsp3) is 0.304. The molecule has 8 nitrogen and oxygen atoms in total. The molecule has 31 heavy (non-hydrogen) atoms. The van der Waals surface area contributed by atoms with Crippen molar-refractivity contribution >= 4 is 23.4 Å². The van der Waals surface area contributed by atoms with Crippen LogP contribution >= 0.6 is 0 Å². The molecule has 4 heterocycles. The van der Waals surface area contributed by atoms with Gasteiger partial charge in [0.1, 0.15) is 17.5 Å². The Bertz CT molecular complexity index is 1000. The lowest BCUT2D eigenvalue weighted by Crippen LogP contribution is -2.44. The third-order valence-electron chi connectivity index (χ3n) is 5.31. The number of aromatic nitrogens is 3. The summed E-state index contributed by atoms with van der Waals surface area (Å²) in [5, 5.41) is 6.19. The maximum atomic E-state index is 12.9. The van der Waals surface area contributed by atoms with Crippen molar-refractivity contribution in [1.82, 2.24) is 19.9 Å². The molecule has 2 N–H and O–H groups in total. The largest absolute Gasteiger partial charge is 0.369 e. The Morgan fingerprint density at radius 2 is 1.81 bits per heavy atom. The second-order valence-corrected chi connectivity index (χ2v) is 7.56. The standard InChI is InChI=1S/C23H27N7O/c1-29-14-16-30(17-15-29)21-6-2-5-20(27-21)28-23(31)19-4-3-10-25-22(19)26-13-9-18-7-11-24-12-8-18/h2-8,10-12H,9,13-17H2,1H3,(H,25,26)(H,27,28,31). The highest BCUT2D eigenvalue weighted by molar-refractivity contribution is 6.07. The van der Waals surface area contributed by atoms with Gasteiger partial charge in [-0.1, -0.05) is 6.07 Å². The van der Waals surface area contributed by atoms with Crippen molar-refractivity contribution in [2.75, 3.05) is 55.3 Å². The van der Waals surface area contributed by atoms with E-state index in [0.29, 0.717) is 23.7 Å². The van der Waals surface area contributed by atoms with Gasteiger partial charge in [-0.2, -0.15) is 0 Å². The van der Waals surface area contributed by atoms with E-state index in [9.17, 15) is 4.79 Å². The highest BCUT2D eigenvalue weighted by Gasteiger charge is 2.17. The van der Waals surface area contributed by atoms with Crippen LogP contribution in [0.5, 0.6) is 0 Å². The van der Waals surface area contributed by atoms with Crippen molar-refractivity contribution < 1.29 is 4.79 Å². The third kappa shape index (κ3) is 5.55. The van der Waals surface area contributed by atoms with Crippen molar-refractivity contribution in [3.63, 3.8) is 0 Å². The van der Waals surface area contributed by atoms with Gasteiger partial charge >= 0.3 is 0 Å². The van der Waals surface area contributed by atoms with E-state index in [0.717, 1.165) is 38.4 Å². The van der Waals surface area contributed by atoms with Gasteiger partial charge in [-0.15, -0.1) is 0 Å². The van der Waals surface area contributed by atoms with E-state index in [1.807, 2.05) is 30.3 Å². The summed E-state index contributed by atoms with van der Waals surface area (Å²) >= 11 is 0. The first-order chi connectivity index (χ1) is 15.2. The summed E-state index contributed by atoms with van der Waals surface area (Å²) in [6.45, 7) is 4.52. The lowest BCUT2D eigenvalue weighted by atomic mass is 10.2. The summed E-state index contributed by atoms with van der Waals surface area (Å²) in [6.07, 6.45) is 6.04. The molecule has 0 radical (unpaired) electrons. The number of likely N-dealkylation sites (N-methyl/N-ethyl adjacent to an activating group) is 1. The average Bonchev–Trinajstić information content (AvgIpc) is 2.81. The molecule has 0 unspecified atom stereocenters. The molecule has 1 aliphatic heterocycles. The normalized spacial score (nSPS) is 14.3. The minimum absolute atomic E-state index is 0.234. The first-order valence-corrected chi connectivity index (χ1v) is 10.5. The predicted octanol–water partition coefficient (Wildman–Crippen LogP) is 2.53. The number of nitrogens with one attached hydrogen (secondary N) is 2. The number of carbonyl (C=O) groups excluding carboxylic acids is 1. The third-order valence-corrected chi connectivity index (χ3v) is 5.31. The molecular formula is C23H27N7O. The average molecular weight is 418 g/mol. The lowest BCUT2D eigenvalue weighted by molar-refractivity contribution is 0.102. The number of piperazine rings is 1. The van der Waals surface area contributed by atoms with Gasteiger partial charge in [0.2, 0.25) is 0 Å². The molecule has 1 fully saturated rings. The van der Waals surface area contributed by atoms with E-state index >= 15 is 0 Å². The summed E-state index contributed by atoms with van der Waals surface area (Å²) in [5.74, 6) is 1.74. The lowest BCUT2D eigenvalue weighted by Gasteiger charge is -2.33. The van der Waals surface area contributed by atoms with Crippen molar-refractivity contribution in [2.24, 2.45) is 0 Å². The van der Waals surface area contributed by atoms with Crippen molar-refractivity contribution in [2.45, 2.75) is 6.42 Å². The molecule has 1 aliphatic rings. The summed E-state index contributed by atoms with van der Waals surface area (Å²) in [5.41, 5.74) is 1.67. The molecule has 160 valence electrons. The molecule has 0 aromatic carbocycles. The number of nitrogens with zero attached hydrogens (tertiary/aromatic N) is 5. The van der Waals surface area contributed by atoms with E-state index in [2.05, 4.69) is 42.4 Å². The first kappa shape index (κ1) is 20.7. The molecule has 0 bridgehead atoms. The van der Waals surface area contributed by atoms with Gasteiger partial charge in [0, 0.05) is 51.3 Å². The molecule has 0 atom stereocenters. The van der Waals surface area contributed by atoms with Gasteiger partial charge < -0.3 is 20.4 Å². The minimum Gasteiger partial charge on any atom is -0.369 e. The number of amides is 1. The Labute approximate surface area is 182 Å². The monoisotopic (exact) mass is 417 g/mol. The van der Waals surface area contributed by atoms with Gasteiger partial charge in [-0.3, -0.25) is 9.78 Å². The maximum Gasteiger partial charge on any atom is 0.260 e. The highest BCUT2D eigenvalue weighted by Crippen LogP contribution is 2.18. The number of rotatable bonds is 7. The Morgan fingerprint density at radius 3 is 2.61 bits per heavy atom. The van der Waals surface area contributed by atoms with Crippen LogP contribution in [-0.2, 0) is 6.42 Å². The van der Waals surface area contributed by atoms with Gasteiger partial charge in [0.25, 0.3) is 5.91 Å². The number of hydrogen-bond acceptors (Lipinski definition) is 7. The van der Waals surface area contributed by atoms with Gasteiger partial charge in [0.05, 0.1) is 5.56 Å². The van der Waals surface area contributed by atoms with Crippen LogP contribution in [0, 0.1) is 0 Å². The SMILES string of the molecule is CN1CCN(c2cccc(NC(=O)c3cccnc3NCCc3ccncc3)n2)CC1. The Kier molecular flexibility index (Phi) is 6.68. The number of carbonyl (C=O) groups is 1. The Balaban J connectivity index is 1.40. The van der Waals surface area contributed by atoms with Crippen LogP contribution in [-0.4, -0.2) is 65.5 Å². The maximum absolute atomic E-state index is 12.9. The first-order valence-electron chi connectivity index (χ1n) is 10.5. The zero-order valence-electron chi connectivity index (χ0n) is 17.7. The molecule has 1 saturated heterocycles. The van der Waals surface area contributed by atoms with Gasteiger partial charge in [-0.05, 0) is 55.4 Å². The van der Waals surface area contributed by atoms with Crippen LogP contribution in [0.25, 0.3) is 0 Å². The molecule has 4 rings (SSSR count). The topological polar surface area (TPSA) is 86.3 Å². The fourth-order valence-corrected chi connectivity index (χ4v) is 3.49. The van der Waals surface area contributed by atoms with Crippen LogP contribution < -0.4 is 15.5 Å². The molecule has 1 amide bonds. The molecule has 8 heteroatoms. The molecule has 0 spiro atoms. The van der Waals surface area contributed by atoms with E-state index in [4.69, 9.17) is 0 Å². The second-order valence-electron chi connectivity index (χ2n) is 7.56. The quantitative estimate of drug-likeness (QED) is 0.611. The molecule has 0 aliphatic carbocycles. The molecule has 3 aromatic rings. The minimum atomic E-state index is -0.234. The van der Waals surface area contributed by atoms with E-state index in [-0.39, 0.29) is 5.91 Å². The highest BCUT2D eigenvalue weighted by atomic mass is 16.1. The van der Waals surface area contributed by atoms with Crippen LogP contribution in [0.4, 0.5) is 17.5 Å². The summed E-state index contributed by atoms with van der Waals surface area (Å²) in [4.78, 5) is 30.5. The smallest absolute Gasteiger partial charge is 0.260 e. The molecule has 3 aromatic heterocycles. The van der Waals surface area contributed by atoms with Crippen LogP contribution in [0.2, 0.25) is 0 Å².